The Labute approximate surface area is 203 Å². The molecule has 0 aliphatic rings. The summed E-state index contributed by atoms with van der Waals surface area (Å²) in [5, 5.41) is 5.51. The molecule has 5 rings (SSSR count). The average Bonchev–Trinajstić information content (AvgIpc) is 3.45. The normalized spacial score (nSPS) is 10.5. The molecule has 0 spiro atoms. The van der Waals surface area contributed by atoms with E-state index in [9.17, 15) is 4.79 Å². The molecule has 0 radical (unpaired) electrons. The van der Waals surface area contributed by atoms with Crippen molar-refractivity contribution < 1.29 is 4.42 Å². The summed E-state index contributed by atoms with van der Waals surface area (Å²) in [6, 6.07) is 15.4. The number of rotatable bonds is 5. The van der Waals surface area contributed by atoms with Gasteiger partial charge in [0, 0.05) is 33.8 Å². The number of benzene rings is 2. The molecule has 6 nitrogen and oxygen atoms in total. The molecule has 0 fully saturated rings. The zero-order chi connectivity index (χ0) is 24.9. The molecule has 3 heterocycles. The second kappa shape index (κ2) is 10.1. The van der Waals surface area contributed by atoms with Crippen molar-refractivity contribution in [2.45, 2.75) is 20.8 Å². The van der Waals surface area contributed by atoms with Crippen LogP contribution in [0.4, 0.5) is 0 Å². The Bertz CT molecular complexity index is 1550. The van der Waals surface area contributed by atoms with Crippen LogP contribution in [0.15, 0.2) is 89.7 Å². The summed E-state index contributed by atoms with van der Waals surface area (Å²) < 4.78 is 6.90. The van der Waals surface area contributed by atoms with Gasteiger partial charge in [0.05, 0.1) is 11.9 Å². The molecule has 0 saturated heterocycles. The minimum absolute atomic E-state index is 0.310. The van der Waals surface area contributed by atoms with E-state index >= 15 is 0 Å². The van der Waals surface area contributed by atoms with Crippen LogP contribution in [0.2, 0.25) is 0 Å². The number of aromatic nitrogens is 4. The zero-order valence-electron chi connectivity index (χ0n) is 20.0. The van der Waals surface area contributed by atoms with Gasteiger partial charge in [-0.15, -0.1) is 0 Å². The summed E-state index contributed by atoms with van der Waals surface area (Å²) in [7, 11) is 0. The fraction of sp³-hybridized carbons (Fsp3) is 0.103. The van der Waals surface area contributed by atoms with Crippen LogP contribution in [0.25, 0.3) is 51.3 Å². The molecule has 0 aliphatic carbocycles. The molecule has 5 aromatic rings. The van der Waals surface area contributed by atoms with Gasteiger partial charge in [-0.2, -0.15) is 9.78 Å². The summed E-state index contributed by atoms with van der Waals surface area (Å²) in [4.78, 5) is 21.9. The quantitative estimate of drug-likeness (QED) is 0.290. The van der Waals surface area contributed by atoms with E-state index in [1.807, 2.05) is 63.2 Å². The Morgan fingerprint density at radius 2 is 1.69 bits per heavy atom. The topological polar surface area (TPSA) is 73.8 Å². The first kappa shape index (κ1) is 23.6. The maximum Gasteiger partial charge on any atom is 0.298 e. The maximum atomic E-state index is 13.5. The van der Waals surface area contributed by atoms with Crippen LogP contribution >= 0.6 is 0 Å². The first-order chi connectivity index (χ1) is 17.1. The Balaban J connectivity index is 0.00000141. The molecular formula is C29H26N4O2. The van der Waals surface area contributed by atoms with Crippen molar-refractivity contribution in [1.82, 2.24) is 19.7 Å². The van der Waals surface area contributed by atoms with Crippen LogP contribution in [0.1, 0.15) is 30.5 Å². The molecule has 0 aliphatic heterocycles. The Morgan fingerprint density at radius 1 is 0.971 bits per heavy atom. The zero-order valence-corrected chi connectivity index (χ0v) is 20.0. The second-order valence-electron chi connectivity index (χ2n) is 7.61. The third-order valence-corrected chi connectivity index (χ3v) is 5.48. The van der Waals surface area contributed by atoms with Crippen molar-refractivity contribution >= 4 is 23.1 Å². The Kier molecular flexibility index (Phi) is 6.83. The highest BCUT2D eigenvalue weighted by Gasteiger charge is 2.18. The number of para-hydroxylation sites is 1. The van der Waals surface area contributed by atoms with Crippen LogP contribution in [0.3, 0.4) is 0 Å². The fourth-order valence-electron chi connectivity index (χ4n) is 4.01. The highest BCUT2D eigenvalue weighted by molar-refractivity contribution is 5.92. The summed E-state index contributed by atoms with van der Waals surface area (Å²) in [5.41, 5.74) is 5.55. The number of aryl methyl sites for hydroxylation is 1. The van der Waals surface area contributed by atoms with E-state index in [0.29, 0.717) is 28.0 Å². The molecule has 0 saturated carbocycles. The van der Waals surface area contributed by atoms with Crippen molar-refractivity contribution in [1.29, 1.82) is 0 Å². The standard InChI is InChI=1S/C27H20N4O2.C2H6/c1-4-18-8-6-9-19(5-2)26(18)31-27(32)25-22(10-7-11-29-25)24(30-31)21-13-17(3)12-20(14-21)23-15-28-16-33-23;1-2/h4-16H,1-2H2,3H3;1-2H3. The first-order valence-corrected chi connectivity index (χ1v) is 11.4. The molecule has 3 aromatic heterocycles. The monoisotopic (exact) mass is 462 g/mol. The van der Waals surface area contributed by atoms with E-state index in [2.05, 4.69) is 23.1 Å². The van der Waals surface area contributed by atoms with Crippen molar-refractivity contribution in [3.8, 4) is 28.3 Å². The van der Waals surface area contributed by atoms with E-state index in [1.165, 1.54) is 11.1 Å². The summed E-state index contributed by atoms with van der Waals surface area (Å²) in [5.74, 6) is 0.654. The van der Waals surface area contributed by atoms with Gasteiger partial charge in [0.25, 0.3) is 5.56 Å². The third-order valence-electron chi connectivity index (χ3n) is 5.48. The predicted molar refractivity (Wildman–Crippen MR) is 142 cm³/mol. The van der Waals surface area contributed by atoms with Gasteiger partial charge in [-0.05, 0) is 42.8 Å². The molecule has 0 atom stereocenters. The van der Waals surface area contributed by atoms with Crippen LogP contribution < -0.4 is 5.56 Å². The largest absolute Gasteiger partial charge is 0.444 e. The van der Waals surface area contributed by atoms with Gasteiger partial charge in [-0.3, -0.25) is 9.78 Å². The second-order valence-corrected chi connectivity index (χ2v) is 7.61. The molecule has 2 aromatic carbocycles. The fourth-order valence-corrected chi connectivity index (χ4v) is 4.01. The minimum Gasteiger partial charge on any atom is -0.444 e. The molecule has 6 heteroatoms. The van der Waals surface area contributed by atoms with Crippen LogP contribution in [-0.2, 0) is 0 Å². The van der Waals surface area contributed by atoms with E-state index in [4.69, 9.17) is 9.52 Å². The lowest BCUT2D eigenvalue weighted by Crippen LogP contribution is -2.24. The lowest BCUT2D eigenvalue weighted by Gasteiger charge is -2.15. The van der Waals surface area contributed by atoms with E-state index in [-0.39, 0.29) is 5.56 Å². The highest BCUT2D eigenvalue weighted by Crippen LogP contribution is 2.31. The number of hydrogen-bond donors (Lipinski definition) is 0. The van der Waals surface area contributed by atoms with Gasteiger partial charge in [-0.1, -0.05) is 57.4 Å². The number of hydrogen-bond acceptors (Lipinski definition) is 5. The smallest absolute Gasteiger partial charge is 0.298 e. The van der Waals surface area contributed by atoms with Gasteiger partial charge in [0.15, 0.2) is 12.2 Å². The number of fused-ring (bicyclic) bond motifs is 1. The number of nitrogens with zero attached hydrogens (tertiary/aromatic N) is 4. The predicted octanol–water partition coefficient (Wildman–Crippen LogP) is 6.72. The van der Waals surface area contributed by atoms with Gasteiger partial charge < -0.3 is 4.42 Å². The summed E-state index contributed by atoms with van der Waals surface area (Å²) >= 11 is 0. The molecule has 0 N–H and O–H groups in total. The van der Waals surface area contributed by atoms with Crippen molar-refractivity contribution in [3.05, 3.63) is 108 Å². The third kappa shape index (κ3) is 4.34. The maximum absolute atomic E-state index is 13.5. The van der Waals surface area contributed by atoms with Crippen molar-refractivity contribution in [2.75, 3.05) is 0 Å². The molecule has 174 valence electrons. The molecule has 0 unspecified atom stereocenters. The molecule has 35 heavy (non-hydrogen) atoms. The minimum atomic E-state index is -0.310. The summed E-state index contributed by atoms with van der Waals surface area (Å²) in [6.07, 6.45) is 8.09. The van der Waals surface area contributed by atoms with Crippen molar-refractivity contribution in [2.24, 2.45) is 0 Å². The SMILES string of the molecule is C=Cc1cccc(C=C)c1-n1nc(-c2cc(C)cc(-c3cnco3)c2)c2cccnc2c1=O.CC. The number of pyridine rings is 1. The summed E-state index contributed by atoms with van der Waals surface area (Å²) in [6.45, 7) is 13.8. The van der Waals surface area contributed by atoms with E-state index < -0.39 is 0 Å². The van der Waals surface area contributed by atoms with Crippen LogP contribution in [0, 0.1) is 6.92 Å². The number of oxazole rings is 1. The average molecular weight is 463 g/mol. The first-order valence-electron chi connectivity index (χ1n) is 11.4. The lowest BCUT2D eigenvalue weighted by atomic mass is 10.0. The van der Waals surface area contributed by atoms with Crippen LogP contribution in [0.5, 0.6) is 0 Å². The van der Waals surface area contributed by atoms with Gasteiger partial charge in [0.2, 0.25) is 0 Å². The van der Waals surface area contributed by atoms with Crippen molar-refractivity contribution in [3.63, 3.8) is 0 Å². The van der Waals surface area contributed by atoms with Gasteiger partial charge in [0.1, 0.15) is 11.2 Å². The lowest BCUT2D eigenvalue weighted by molar-refractivity contribution is 0.572. The highest BCUT2D eigenvalue weighted by atomic mass is 16.3. The van der Waals surface area contributed by atoms with Gasteiger partial charge in [-0.25, -0.2) is 4.98 Å². The molecular weight excluding hydrogens is 436 g/mol. The Morgan fingerprint density at radius 3 is 2.34 bits per heavy atom. The Hall–Kier alpha value is -4.58. The van der Waals surface area contributed by atoms with E-state index in [1.54, 1.807) is 30.6 Å². The molecule has 0 bridgehead atoms. The molecule has 0 amide bonds. The van der Waals surface area contributed by atoms with E-state index in [0.717, 1.165) is 27.8 Å². The van der Waals surface area contributed by atoms with Gasteiger partial charge >= 0.3 is 0 Å². The van der Waals surface area contributed by atoms with Crippen LogP contribution in [-0.4, -0.2) is 19.7 Å².